The van der Waals surface area contributed by atoms with Crippen LogP contribution in [0.4, 0.5) is 4.79 Å². The number of carbonyl (C=O) groups is 2. The molecule has 14 heavy (non-hydrogen) atoms. The lowest BCUT2D eigenvalue weighted by Crippen LogP contribution is -2.49. The zero-order chi connectivity index (χ0) is 10.2. The van der Waals surface area contributed by atoms with Crippen molar-refractivity contribution in [2.24, 2.45) is 0 Å². The fourth-order valence-electron chi connectivity index (χ4n) is 2.02. The zero-order valence-corrected chi connectivity index (χ0v) is 9.02. The molecule has 0 saturated carbocycles. The van der Waals surface area contributed by atoms with Gasteiger partial charge in [0, 0.05) is 6.54 Å². The lowest BCUT2D eigenvalue weighted by Gasteiger charge is -2.30. The minimum absolute atomic E-state index is 0.0229. The van der Waals surface area contributed by atoms with E-state index in [2.05, 4.69) is 5.32 Å². The van der Waals surface area contributed by atoms with Crippen molar-refractivity contribution in [2.75, 3.05) is 18.1 Å². The fraction of sp³-hybridized carbons (Fsp3) is 0.778. The fourth-order valence-corrected chi connectivity index (χ4v) is 3.21. The molecule has 0 aromatic carbocycles. The number of amides is 3. The standard InChI is InChI=1S/C9H14N2O2S/c1-2-11-7(12)9(10-8(11)13)3-5-14-6-4-9/h2-6H2,1H3,(H,10,13). The van der Waals surface area contributed by atoms with Crippen molar-refractivity contribution in [1.82, 2.24) is 10.2 Å². The van der Waals surface area contributed by atoms with Gasteiger partial charge in [-0.15, -0.1) is 0 Å². The molecule has 78 valence electrons. The second kappa shape index (κ2) is 3.46. The lowest BCUT2D eigenvalue weighted by atomic mass is 9.92. The summed E-state index contributed by atoms with van der Waals surface area (Å²) in [7, 11) is 0. The Hall–Kier alpha value is -0.710. The van der Waals surface area contributed by atoms with Crippen LogP contribution in [-0.4, -0.2) is 40.4 Å². The van der Waals surface area contributed by atoms with E-state index in [-0.39, 0.29) is 11.9 Å². The first-order valence-corrected chi connectivity index (χ1v) is 6.07. The van der Waals surface area contributed by atoms with E-state index in [0.29, 0.717) is 6.54 Å². The van der Waals surface area contributed by atoms with E-state index in [9.17, 15) is 9.59 Å². The predicted octanol–water partition coefficient (Wildman–Crippen LogP) is 0.824. The van der Waals surface area contributed by atoms with Gasteiger partial charge in [-0.2, -0.15) is 11.8 Å². The Morgan fingerprint density at radius 1 is 1.43 bits per heavy atom. The molecule has 0 aromatic rings. The number of imide groups is 1. The lowest BCUT2D eigenvalue weighted by molar-refractivity contribution is -0.131. The maximum Gasteiger partial charge on any atom is 0.325 e. The Morgan fingerprint density at radius 3 is 2.57 bits per heavy atom. The molecule has 2 rings (SSSR count). The topological polar surface area (TPSA) is 49.4 Å². The normalized spacial score (nSPS) is 25.6. The van der Waals surface area contributed by atoms with E-state index in [4.69, 9.17) is 0 Å². The van der Waals surface area contributed by atoms with Crippen molar-refractivity contribution in [2.45, 2.75) is 25.3 Å². The van der Waals surface area contributed by atoms with Crippen molar-refractivity contribution < 1.29 is 9.59 Å². The smallest absolute Gasteiger partial charge is 0.323 e. The first kappa shape index (κ1) is 9.83. The van der Waals surface area contributed by atoms with Gasteiger partial charge >= 0.3 is 6.03 Å². The average Bonchev–Trinajstić information content (AvgIpc) is 2.40. The van der Waals surface area contributed by atoms with Crippen LogP contribution in [0.15, 0.2) is 0 Å². The Bertz CT molecular complexity index is 274. The summed E-state index contributed by atoms with van der Waals surface area (Å²) in [5.74, 6) is 1.90. The van der Waals surface area contributed by atoms with Crippen LogP contribution < -0.4 is 5.32 Å². The molecule has 2 fully saturated rings. The molecule has 2 aliphatic heterocycles. The number of thioether (sulfide) groups is 1. The van der Waals surface area contributed by atoms with Gasteiger partial charge in [0.2, 0.25) is 0 Å². The molecule has 3 amide bonds. The van der Waals surface area contributed by atoms with E-state index in [1.165, 1.54) is 4.90 Å². The van der Waals surface area contributed by atoms with Crippen LogP contribution in [0.2, 0.25) is 0 Å². The van der Waals surface area contributed by atoms with E-state index in [1.54, 1.807) is 0 Å². The molecule has 2 aliphatic rings. The van der Waals surface area contributed by atoms with Crippen molar-refractivity contribution in [3.8, 4) is 0 Å². The van der Waals surface area contributed by atoms with Crippen LogP contribution in [0, 0.1) is 0 Å². The maximum atomic E-state index is 12.0. The summed E-state index contributed by atoms with van der Waals surface area (Å²) >= 11 is 1.85. The van der Waals surface area contributed by atoms with Gasteiger partial charge in [0.05, 0.1) is 0 Å². The number of carbonyl (C=O) groups excluding carboxylic acids is 2. The number of hydrogen-bond acceptors (Lipinski definition) is 3. The first-order valence-electron chi connectivity index (χ1n) is 4.91. The van der Waals surface area contributed by atoms with Crippen molar-refractivity contribution in [1.29, 1.82) is 0 Å². The number of nitrogens with zero attached hydrogens (tertiary/aromatic N) is 1. The molecule has 2 heterocycles. The quantitative estimate of drug-likeness (QED) is 0.658. The number of likely N-dealkylation sites (N-methyl/N-ethyl adjacent to an activating group) is 1. The largest absolute Gasteiger partial charge is 0.325 e. The molecule has 1 spiro atoms. The first-order chi connectivity index (χ1) is 6.69. The molecule has 0 atom stereocenters. The number of rotatable bonds is 1. The molecular weight excluding hydrogens is 200 g/mol. The summed E-state index contributed by atoms with van der Waals surface area (Å²) in [6.45, 7) is 2.30. The minimum atomic E-state index is -0.557. The SMILES string of the molecule is CCN1C(=O)NC2(CCSCC2)C1=O. The molecule has 0 aromatic heterocycles. The third kappa shape index (κ3) is 1.30. The van der Waals surface area contributed by atoms with E-state index < -0.39 is 5.54 Å². The van der Waals surface area contributed by atoms with Crippen LogP contribution >= 0.6 is 11.8 Å². The van der Waals surface area contributed by atoms with Gasteiger partial charge in [-0.3, -0.25) is 9.69 Å². The van der Waals surface area contributed by atoms with Crippen molar-refractivity contribution in [3.63, 3.8) is 0 Å². The summed E-state index contributed by atoms with van der Waals surface area (Å²) in [6, 6.07) is -0.218. The van der Waals surface area contributed by atoms with Crippen LogP contribution in [0.3, 0.4) is 0 Å². The average molecular weight is 214 g/mol. The molecule has 2 saturated heterocycles. The van der Waals surface area contributed by atoms with Crippen LogP contribution in [0.5, 0.6) is 0 Å². The number of urea groups is 1. The van der Waals surface area contributed by atoms with Crippen LogP contribution in [-0.2, 0) is 4.79 Å². The van der Waals surface area contributed by atoms with Gasteiger partial charge in [0.25, 0.3) is 5.91 Å². The molecule has 5 heteroatoms. The third-order valence-electron chi connectivity index (χ3n) is 2.91. The van der Waals surface area contributed by atoms with Gasteiger partial charge in [0.1, 0.15) is 5.54 Å². The highest BCUT2D eigenvalue weighted by Gasteiger charge is 2.50. The van der Waals surface area contributed by atoms with E-state index in [1.807, 2.05) is 18.7 Å². The van der Waals surface area contributed by atoms with E-state index in [0.717, 1.165) is 24.3 Å². The second-order valence-electron chi connectivity index (χ2n) is 3.67. The van der Waals surface area contributed by atoms with Gasteiger partial charge in [-0.05, 0) is 31.3 Å². The Morgan fingerprint density at radius 2 is 2.07 bits per heavy atom. The summed E-state index contributed by atoms with van der Waals surface area (Å²) in [4.78, 5) is 24.7. The second-order valence-corrected chi connectivity index (χ2v) is 4.90. The molecule has 0 aliphatic carbocycles. The summed E-state index contributed by atoms with van der Waals surface area (Å²) in [5, 5.41) is 2.84. The van der Waals surface area contributed by atoms with Gasteiger partial charge in [-0.1, -0.05) is 0 Å². The number of nitrogens with one attached hydrogen (secondary N) is 1. The highest BCUT2D eigenvalue weighted by Crippen LogP contribution is 2.32. The van der Waals surface area contributed by atoms with Crippen LogP contribution in [0.25, 0.3) is 0 Å². The monoisotopic (exact) mass is 214 g/mol. The van der Waals surface area contributed by atoms with Gasteiger partial charge < -0.3 is 5.32 Å². The molecule has 1 N–H and O–H groups in total. The molecular formula is C9H14N2O2S. The van der Waals surface area contributed by atoms with Gasteiger partial charge in [0.15, 0.2) is 0 Å². The highest BCUT2D eigenvalue weighted by atomic mass is 32.2. The predicted molar refractivity (Wildman–Crippen MR) is 55.2 cm³/mol. The van der Waals surface area contributed by atoms with Gasteiger partial charge in [-0.25, -0.2) is 4.79 Å². The summed E-state index contributed by atoms with van der Waals surface area (Å²) in [5.41, 5.74) is -0.557. The Kier molecular flexibility index (Phi) is 2.43. The van der Waals surface area contributed by atoms with Crippen molar-refractivity contribution in [3.05, 3.63) is 0 Å². The molecule has 0 radical (unpaired) electrons. The molecule has 0 bridgehead atoms. The highest BCUT2D eigenvalue weighted by molar-refractivity contribution is 7.99. The zero-order valence-electron chi connectivity index (χ0n) is 8.21. The summed E-state index contributed by atoms with van der Waals surface area (Å²) in [6.07, 6.45) is 1.55. The molecule has 4 nitrogen and oxygen atoms in total. The van der Waals surface area contributed by atoms with E-state index >= 15 is 0 Å². The summed E-state index contributed by atoms with van der Waals surface area (Å²) < 4.78 is 0. The third-order valence-corrected chi connectivity index (χ3v) is 3.89. The molecule has 0 unspecified atom stereocenters. The Labute approximate surface area is 87.4 Å². The van der Waals surface area contributed by atoms with Crippen LogP contribution in [0.1, 0.15) is 19.8 Å². The van der Waals surface area contributed by atoms with Crippen molar-refractivity contribution >= 4 is 23.7 Å². The Balaban J connectivity index is 2.21. The maximum absolute atomic E-state index is 12.0. The number of hydrogen-bond donors (Lipinski definition) is 1. The minimum Gasteiger partial charge on any atom is -0.323 e.